The van der Waals surface area contributed by atoms with Gasteiger partial charge in [0, 0.05) is 25.5 Å². The second-order valence-electron chi connectivity index (χ2n) is 6.64. The van der Waals surface area contributed by atoms with Crippen LogP contribution in [0.5, 0.6) is 0 Å². The molecule has 0 aromatic carbocycles. The number of pyridine rings is 1. The highest BCUT2D eigenvalue weighted by Crippen LogP contribution is 2.25. The number of amides is 1. The fourth-order valence-corrected chi connectivity index (χ4v) is 3.61. The number of rotatable bonds is 2. The number of nitrogens with zero attached hydrogens (tertiary/aromatic N) is 5. The van der Waals surface area contributed by atoms with Gasteiger partial charge in [-0.3, -0.25) is 9.78 Å². The van der Waals surface area contributed by atoms with Crippen molar-refractivity contribution in [2.75, 3.05) is 50.9 Å². The molecule has 9 heteroatoms. The Hall–Kier alpha value is -2.29. The van der Waals surface area contributed by atoms with Gasteiger partial charge in [-0.05, 0) is 12.1 Å². The lowest BCUT2D eigenvalue weighted by atomic mass is 10.0. The lowest BCUT2D eigenvalue weighted by Crippen LogP contribution is -2.60. The molecule has 2 saturated heterocycles. The average molecular weight is 390 g/mol. The summed E-state index contributed by atoms with van der Waals surface area (Å²) in [5.74, 6) is 0.612. The first-order valence-electron chi connectivity index (χ1n) is 8.80. The quantitative estimate of drug-likeness (QED) is 0.715. The molecule has 1 atom stereocenters. The zero-order valence-electron chi connectivity index (χ0n) is 14.8. The van der Waals surface area contributed by atoms with Crippen molar-refractivity contribution in [2.45, 2.75) is 5.60 Å². The van der Waals surface area contributed by atoms with Gasteiger partial charge in [0.1, 0.15) is 22.3 Å². The lowest BCUT2D eigenvalue weighted by Gasteiger charge is -2.43. The molecule has 4 rings (SSSR count). The summed E-state index contributed by atoms with van der Waals surface area (Å²) in [6, 6.07) is 5.05. The third kappa shape index (κ3) is 4.02. The van der Waals surface area contributed by atoms with E-state index in [1.165, 1.54) is 0 Å². The average Bonchev–Trinajstić information content (AvgIpc) is 2.91. The van der Waals surface area contributed by atoms with Crippen LogP contribution in [0, 0.1) is 0 Å². The normalized spacial score (nSPS) is 23.3. The van der Waals surface area contributed by atoms with Crippen LogP contribution in [0.3, 0.4) is 0 Å². The predicted octanol–water partition coefficient (Wildman–Crippen LogP) is 1.27. The summed E-state index contributed by atoms with van der Waals surface area (Å²) in [5, 5.41) is 0.301. The fraction of sp³-hybridized carbons (Fsp3) is 0.444. The summed E-state index contributed by atoms with van der Waals surface area (Å²) in [5.41, 5.74) is -0.291. The molecule has 142 valence electrons. The van der Waals surface area contributed by atoms with E-state index in [4.69, 9.17) is 21.1 Å². The first-order chi connectivity index (χ1) is 13.2. The highest BCUT2D eigenvalue weighted by atomic mass is 35.5. The molecule has 8 nitrogen and oxygen atoms in total. The minimum atomic E-state index is -0.624. The third-order valence-corrected chi connectivity index (χ3v) is 4.90. The van der Waals surface area contributed by atoms with Gasteiger partial charge < -0.3 is 19.3 Å². The Morgan fingerprint density at radius 3 is 2.93 bits per heavy atom. The minimum absolute atomic E-state index is 0.157. The molecular weight excluding hydrogens is 370 g/mol. The van der Waals surface area contributed by atoms with Crippen LogP contribution >= 0.6 is 11.6 Å². The van der Waals surface area contributed by atoms with Crippen LogP contribution < -0.4 is 4.90 Å². The molecule has 2 aromatic rings. The summed E-state index contributed by atoms with van der Waals surface area (Å²) in [7, 11) is 0. The Morgan fingerprint density at radius 2 is 2.11 bits per heavy atom. The molecule has 2 aliphatic heterocycles. The van der Waals surface area contributed by atoms with Crippen LogP contribution in [-0.4, -0.2) is 77.4 Å². The number of hydrogen-bond acceptors (Lipinski definition) is 7. The monoisotopic (exact) mass is 389 g/mol. The highest BCUT2D eigenvalue weighted by Gasteiger charge is 2.42. The number of carbonyl (C=O) groups excluding carboxylic acids is 1. The number of ether oxygens (including phenoxy) is 2. The molecule has 0 radical (unpaired) electrons. The second kappa shape index (κ2) is 7.75. The van der Waals surface area contributed by atoms with E-state index in [9.17, 15) is 4.79 Å². The number of carbonyl (C=O) groups is 1. The molecule has 2 fully saturated rings. The maximum absolute atomic E-state index is 12.9. The number of hydrogen-bond donors (Lipinski definition) is 0. The van der Waals surface area contributed by atoms with Gasteiger partial charge in [-0.15, -0.1) is 0 Å². The summed E-state index contributed by atoms with van der Waals surface area (Å²) in [6.07, 6.45) is 5.03. The van der Waals surface area contributed by atoms with Crippen molar-refractivity contribution < 1.29 is 14.3 Å². The summed E-state index contributed by atoms with van der Waals surface area (Å²) in [6.45, 7) is 3.58. The molecule has 0 N–H and O–H groups in total. The van der Waals surface area contributed by atoms with Crippen molar-refractivity contribution in [3.05, 3.63) is 47.6 Å². The molecule has 27 heavy (non-hydrogen) atoms. The van der Waals surface area contributed by atoms with E-state index in [1.54, 1.807) is 41.7 Å². The Morgan fingerprint density at radius 1 is 1.19 bits per heavy atom. The molecule has 2 aromatic heterocycles. The highest BCUT2D eigenvalue weighted by molar-refractivity contribution is 6.29. The first kappa shape index (κ1) is 18.1. The van der Waals surface area contributed by atoms with Gasteiger partial charge in [-0.1, -0.05) is 17.7 Å². The van der Waals surface area contributed by atoms with Crippen LogP contribution in [0.25, 0.3) is 0 Å². The third-order valence-electron chi connectivity index (χ3n) is 4.69. The molecule has 1 spiro atoms. The van der Waals surface area contributed by atoms with Crippen molar-refractivity contribution in [3.8, 4) is 0 Å². The minimum Gasteiger partial charge on any atom is -0.376 e. The molecule has 2 aliphatic rings. The Bertz CT molecular complexity index is 809. The molecule has 0 saturated carbocycles. The van der Waals surface area contributed by atoms with Crippen molar-refractivity contribution >= 4 is 23.3 Å². The Kier molecular flexibility index (Phi) is 5.20. The van der Waals surface area contributed by atoms with E-state index in [-0.39, 0.29) is 5.91 Å². The number of anilines is 1. The predicted molar refractivity (Wildman–Crippen MR) is 98.9 cm³/mol. The largest absolute Gasteiger partial charge is 0.376 e. The maximum atomic E-state index is 12.9. The van der Waals surface area contributed by atoms with Gasteiger partial charge in [0.05, 0.1) is 39.1 Å². The SMILES string of the molecule is O=C(c1cccc(Cl)n1)N1CCOC2(COCCN(c3cnccn3)C2)C1. The van der Waals surface area contributed by atoms with Crippen LogP contribution in [0.2, 0.25) is 5.15 Å². The van der Waals surface area contributed by atoms with E-state index in [2.05, 4.69) is 19.9 Å². The maximum Gasteiger partial charge on any atom is 0.272 e. The zero-order valence-corrected chi connectivity index (χ0v) is 15.5. The molecule has 0 aliphatic carbocycles. The first-order valence-corrected chi connectivity index (χ1v) is 9.18. The van der Waals surface area contributed by atoms with Crippen LogP contribution in [0.1, 0.15) is 10.5 Å². The smallest absolute Gasteiger partial charge is 0.272 e. The van der Waals surface area contributed by atoms with Crippen molar-refractivity contribution in [2.24, 2.45) is 0 Å². The summed E-state index contributed by atoms with van der Waals surface area (Å²) in [4.78, 5) is 29.4. The number of aromatic nitrogens is 3. The zero-order chi connectivity index (χ0) is 18.7. The van der Waals surface area contributed by atoms with E-state index in [1.807, 2.05) is 0 Å². The standard InChI is InChI=1S/C18H20ClN5O3/c19-15-3-1-2-14(22-15)17(25)24-7-9-27-18(12-24)11-23(6-8-26-13-18)16-10-20-4-5-21-16/h1-5,10H,6-9,11-13H2. The summed E-state index contributed by atoms with van der Waals surface area (Å²) < 4.78 is 11.9. The second-order valence-corrected chi connectivity index (χ2v) is 7.03. The van der Waals surface area contributed by atoms with Gasteiger partial charge in [-0.25, -0.2) is 9.97 Å². The van der Waals surface area contributed by atoms with Crippen LogP contribution in [-0.2, 0) is 9.47 Å². The van der Waals surface area contributed by atoms with E-state index < -0.39 is 5.60 Å². The van der Waals surface area contributed by atoms with Gasteiger partial charge in [-0.2, -0.15) is 0 Å². The van der Waals surface area contributed by atoms with E-state index in [0.717, 1.165) is 5.82 Å². The topological polar surface area (TPSA) is 80.7 Å². The van der Waals surface area contributed by atoms with Crippen molar-refractivity contribution in [1.82, 2.24) is 19.9 Å². The molecule has 0 bridgehead atoms. The van der Waals surface area contributed by atoms with E-state index >= 15 is 0 Å². The fourth-order valence-electron chi connectivity index (χ4n) is 3.45. The van der Waals surface area contributed by atoms with Crippen molar-refractivity contribution in [3.63, 3.8) is 0 Å². The molecule has 1 amide bonds. The Balaban J connectivity index is 1.54. The molecule has 4 heterocycles. The van der Waals surface area contributed by atoms with Gasteiger partial charge >= 0.3 is 0 Å². The molecule has 1 unspecified atom stereocenters. The number of halogens is 1. The lowest BCUT2D eigenvalue weighted by molar-refractivity contribution is -0.124. The molecular formula is C18H20ClN5O3. The van der Waals surface area contributed by atoms with Crippen molar-refractivity contribution in [1.29, 1.82) is 0 Å². The van der Waals surface area contributed by atoms with Gasteiger partial charge in [0.25, 0.3) is 5.91 Å². The Labute approximate surface area is 162 Å². The van der Waals surface area contributed by atoms with Gasteiger partial charge in [0.15, 0.2) is 0 Å². The van der Waals surface area contributed by atoms with Gasteiger partial charge in [0.2, 0.25) is 0 Å². The number of morpholine rings is 1. The van der Waals surface area contributed by atoms with Crippen LogP contribution in [0.15, 0.2) is 36.8 Å². The van der Waals surface area contributed by atoms with Crippen LogP contribution in [0.4, 0.5) is 5.82 Å². The van der Waals surface area contributed by atoms with E-state index in [0.29, 0.717) is 56.8 Å². The summed E-state index contributed by atoms with van der Waals surface area (Å²) >= 11 is 5.93.